The smallest absolute Gasteiger partial charge is 0.326 e. The lowest BCUT2D eigenvalue weighted by Gasteiger charge is -2.18. The van der Waals surface area contributed by atoms with Gasteiger partial charge in [-0.2, -0.15) is 0 Å². The fourth-order valence-corrected chi connectivity index (χ4v) is 2.80. The minimum atomic E-state index is -0.923. The number of rotatable bonds is 7. The SMILES string of the molecule is CC(C)CC(Nc1cc(C(=O)NC2CC2)c2ccccc2n1)C(=O)O. The van der Waals surface area contributed by atoms with E-state index in [1.165, 1.54) is 0 Å². The van der Waals surface area contributed by atoms with Crippen LogP contribution in [0.15, 0.2) is 30.3 Å². The lowest BCUT2D eigenvalue weighted by Crippen LogP contribution is -2.31. The van der Waals surface area contributed by atoms with E-state index in [2.05, 4.69) is 15.6 Å². The number of carboxylic acid groups (broad SMARTS) is 1. The molecule has 3 N–H and O–H groups in total. The van der Waals surface area contributed by atoms with Crippen molar-refractivity contribution in [2.24, 2.45) is 5.92 Å². The summed E-state index contributed by atoms with van der Waals surface area (Å²) in [5.74, 6) is -0.424. The maximum absolute atomic E-state index is 12.6. The number of pyridine rings is 1. The zero-order valence-electron chi connectivity index (χ0n) is 14.5. The molecule has 1 aromatic carbocycles. The predicted molar refractivity (Wildman–Crippen MR) is 96.7 cm³/mol. The van der Waals surface area contributed by atoms with Gasteiger partial charge in [0.1, 0.15) is 11.9 Å². The van der Waals surface area contributed by atoms with E-state index in [0.29, 0.717) is 23.3 Å². The van der Waals surface area contributed by atoms with Crippen molar-refractivity contribution in [1.29, 1.82) is 0 Å². The fraction of sp³-hybridized carbons (Fsp3) is 0.421. The largest absolute Gasteiger partial charge is 0.480 e. The van der Waals surface area contributed by atoms with Gasteiger partial charge in [0, 0.05) is 11.4 Å². The van der Waals surface area contributed by atoms with Crippen LogP contribution in [-0.2, 0) is 4.79 Å². The second-order valence-corrected chi connectivity index (χ2v) is 6.98. The highest BCUT2D eigenvalue weighted by molar-refractivity contribution is 6.07. The van der Waals surface area contributed by atoms with Crippen LogP contribution in [0.4, 0.5) is 5.82 Å². The number of carboxylic acids is 1. The maximum Gasteiger partial charge on any atom is 0.326 e. The number of hydrogen-bond donors (Lipinski definition) is 3. The molecule has 3 rings (SSSR count). The Morgan fingerprint density at radius 1 is 1.28 bits per heavy atom. The molecule has 1 aromatic heterocycles. The normalized spacial score (nSPS) is 15.2. The van der Waals surface area contributed by atoms with Crippen molar-refractivity contribution in [3.8, 4) is 0 Å². The van der Waals surface area contributed by atoms with E-state index in [1.807, 2.05) is 38.1 Å². The predicted octanol–water partition coefficient (Wildman–Crippen LogP) is 3.04. The number of para-hydroxylation sites is 1. The molecule has 1 aliphatic carbocycles. The second-order valence-electron chi connectivity index (χ2n) is 6.98. The topological polar surface area (TPSA) is 91.3 Å². The third kappa shape index (κ3) is 4.26. The van der Waals surface area contributed by atoms with E-state index >= 15 is 0 Å². The van der Waals surface area contributed by atoms with Crippen LogP contribution in [0.5, 0.6) is 0 Å². The molecule has 2 aromatic rings. The van der Waals surface area contributed by atoms with Gasteiger partial charge in [-0.15, -0.1) is 0 Å². The van der Waals surface area contributed by atoms with Crippen LogP contribution in [-0.4, -0.2) is 34.1 Å². The highest BCUT2D eigenvalue weighted by Gasteiger charge is 2.25. The average Bonchev–Trinajstić information content (AvgIpc) is 3.37. The summed E-state index contributed by atoms with van der Waals surface area (Å²) in [5, 5.41) is 16.2. The number of aliphatic carboxylic acids is 1. The van der Waals surface area contributed by atoms with Crippen LogP contribution in [0.2, 0.25) is 0 Å². The van der Waals surface area contributed by atoms with Gasteiger partial charge in [-0.3, -0.25) is 4.79 Å². The number of nitrogens with zero attached hydrogens (tertiary/aromatic N) is 1. The van der Waals surface area contributed by atoms with Crippen molar-refractivity contribution in [3.63, 3.8) is 0 Å². The van der Waals surface area contributed by atoms with Gasteiger partial charge in [-0.25, -0.2) is 9.78 Å². The molecular weight excluding hydrogens is 318 g/mol. The van der Waals surface area contributed by atoms with E-state index in [-0.39, 0.29) is 17.9 Å². The molecule has 0 bridgehead atoms. The van der Waals surface area contributed by atoms with Gasteiger partial charge in [0.15, 0.2) is 0 Å². The first-order valence-corrected chi connectivity index (χ1v) is 8.64. The van der Waals surface area contributed by atoms with Gasteiger partial charge in [-0.05, 0) is 37.3 Å². The Bertz CT molecular complexity index is 800. The summed E-state index contributed by atoms with van der Waals surface area (Å²) in [7, 11) is 0. The molecule has 0 aliphatic heterocycles. The van der Waals surface area contributed by atoms with Gasteiger partial charge < -0.3 is 15.7 Å². The first kappa shape index (κ1) is 17.2. The number of anilines is 1. The minimum Gasteiger partial charge on any atom is -0.480 e. The summed E-state index contributed by atoms with van der Waals surface area (Å²) in [4.78, 5) is 28.6. The lowest BCUT2D eigenvalue weighted by atomic mass is 10.0. The van der Waals surface area contributed by atoms with Crippen molar-refractivity contribution < 1.29 is 14.7 Å². The van der Waals surface area contributed by atoms with Gasteiger partial charge in [0.25, 0.3) is 5.91 Å². The van der Waals surface area contributed by atoms with Crippen molar-refractivity contribution >= 4 is 28.6 Å². The highest BCUT2D eigenvalue weighted by Crippen LogP contribution is 2.24. The molecule has 0 saturated heterocycles. The number of hydrogen-bond acceptors (Lipinski definition) is 4. The molecule has 1 heterocycles. The molecule has 132 valence electrons. The Balaban J connectivity index is 1.94. The average molecular weight is 341 g/mol. The molecule has 0 spiro atoms. The van der Waals surface area contributed by atoms with Gasteiger partial charge in [0.05, 0.1) is 11.1 Å². The van der Waals surface area contributed by atoms with E-state index in [1.54, 1.807) is 6.07 Å². The Morgan fingerprint density at radius 3 is 2.64 bits per heavy atom. The molecule has 1 saturated carbocycles. The zero-order chi connectivity index (χ0) is 18.0. The van der Waals surface area contributed by atoms with Crippen LogP contribution in [0.3, 0.4) is 0 Å². The Labute approximate surface area is 146 Å². The number of fused-ring (bicyclic) bond motifs is 1. The molecule has 25 heavy (non-hydrogen) atoms. The number of aromatic nitrogens is 1. The number of nitrogens with one attached hydrogen (secondary N) is 2. The monoisotopic (exact) mass is 341 g/mol. The third-order valence-corrected chi connectivity index (χ3v) is 4.20. The molecule has 1 fully saturated rings. The highest BCUT2D eigenvalue weighted by atomic mass is 16.4. The molecule has 1 unspecified atom stereocenters. The van der Waals surface area contributed by atoms with Gasteiger partial charge in [-0.1, -0.05) is 32.0 Å². The molecule has 6 heteroatoms. The van der Waals surface area contributed by atoms with Crippen LogP contribution in [0.25, 0.3) is 10.9 Å². The number of amides is 1. The first-order valence-electron chi connectivity index (χ1n) is 8.64. The second kappa shape index (κ2) is 7.09. The summed E-state index contributed by atoms with van der Waals surface area (Å²) in [6, 6.07) is 8.56. The van der Waals surface area contributed by atoms with E-state index in [4.69, 9.17) is 0 Å². The third-order valence-electron chi connectivity index (χ3n) is 4.20. The van der Waals surface area contributed by atoms with E-state index in [9.17, 15) is 14.7 Å². The molecule has 1 aliphatic rings. The summed E-state index contributed by atoms with van der Waals surface area (Å²) in [5.41, 5.74) is 1.19. The molecule has 6 nitrogen and oxygen atoms in total. The summed E-state index contributed by atoms with van der Waals surface area (Å²) in [6.07, 6.45) is 2.50. The van der Waals surface area contributed by atoms with E-state index < -0.39 is 12.0 Å². The minimum absolute atomic E-state index is 0.139. The Hall–Kier alpha value is -2.63. The van der Waals surface area contributed by atoms with Crippen LogP contribution in [0.1, 0.15) is 43.5 Å². The van der Waals surface area contributed by atoms with Crippen molar-refractivity contribution in [1.82, 2.24) is 10.3 Å². The summed E-state index contributed by atoms with van der Waals surface area (Å²) in [6.45, 7) is 3.94. The Morgan fingerprint density at radius 2 is 2.00 bits per heavy atom. The van der Waals surface area contributed by atoms with Crippen LogP contribution >= 0.6 is 0 Å². The Kier molecular flexibility index (Phi) is 4.88. The van der Waals surface area contributed by atoms with Crippen LogP contribution < -0.4 is 10.6 Å². The molecule has 1 atom stereocenters. The van der Waals surface area contributed by atoms with Gasteiger partial charge in [0.2, 0.25) is 0 Å². The number of carbonyl (C=O) groups is 2. The lowest BCUT2D eigenvalue weighted by molar-refractivity contribution is -0.138. The zero-order valence-corrected chi connectivity index (χ0v) is 14.5. The molecular formula is C19H23N3O3. The molecule has 1 amide bonds. The number of benzene rings is 1. The van der Waals surface area contributed by atoms with E-state index in [0.717, 1.165) is 18.2 Å². The van der Waals surface area contributed by atoms with Crippen LogP contribution in [0, 0.1) is 5.92 Å². The number of carbonyl (C=O) groups excluding carboxylic acids is 1. The first-order chi connectivity index (χ1) is 11.9. The maximum atomic E-state index is 12.6. The fourth-order valence-electron chi connectivity index (χ4n) is 2.80. The summed E-state index contributed by atoms with van der Waals surface area (Å²) < 4.78 is 0. The van der Waals surface area contributed by atoms with Gasteiger partial charge >= 0.3 is 5.97 Å². The van der Waals surface area contributed by atoms with Crippen molar-refractivity contribution in [2.45, 2.75) is 45.2 Å². The molecule has 0 radical (unpaired) electrons. The van der Waals surface area contributed by atoms with Crippen molar-refractivity contribution in [2.75, 3.05) is 5.32 Å². The summed E-state index contributed by atoms with van der Waals surface area (Å²) >= 11 is 0. The van der Waals surface area contributed by atoms with Crippen molar-refractivity contribution in [3.05, 3.63) is 35.9 Å². The quantitative estimate of drug-likeness (QED) is 0.720. The standard InChI is InChI=1S/C19H23N3O3/c1-11(2)9-16(19(24)25)22-17-10-14(18(23)20-12-7-8-12)13-5-3-4-6-15(13)21-17/h3-6,10-12,16H,7-9H2,1-2H3,(H,20,23)(H,21,22)(H,24,25).